The third-order valence-electron chi connectivity index (χ3n) is 3.00. The molecule has 20 heavy (non-hydrogen) atoms. The van der Waals surface area contributed by atoms with E-state index in [1.165, 1.54) is 22.5 Å². The van der Waals surface area contributed by atoms with E-state index < -0.39 is 0 Å². The summed E-state index contributed by atoms with van der Waals surface area (Å²) in [4.78, 5) is 4.38. The Hall–Kier alpha value is -1.86. The molecule has 0 N–H and O–H groups in total. The van der Waals surface area contributed by atoms with E-state index in [-0.39, 0.29) is 0 Å². The minimum atomic E-state index is 0.359. The van der Waals surface area contributed by atoms with Gasteiger partial charge in [0.15, 0.2) is 0 Å². The lowest BCUT2D eigenvalue weighted by atomic mass is 10.0. The van der Waals surface area contributed by atoms with Crippen molar-refractivity contribution in [2.24, 2.45) is 0 Å². The molecule has 1 aromatic heterocycles. The summed E-state index contributed by atoms with van der Waals surface area (Å²) >= 11 is 1.54. The van der Waals surface area contributed by atoms with Crippen molar-refractivity contribution < 1.29 is 4.74 Å². The standard InChI is InChI=1S/C16H18N2OS/c1-11(2)14-5-4-12(3)8-15(14)19-9-16-18-13(6-7-17)10-20-16/h4-5,8,10-11H,6,9H2,1-3H3. The molecule has 1 aromatic carbocycles. The Balaban J connectivity index is 2.10. The van der Waals surface area contributed by atoms with E-state index in [0.29, 0.717) is 18.9 Å². The van der Waals surface area contributed by atoms with Gasteiger partial charge in [-0.25, -0.2) is 4.98 Å². The monoisotopic (exact) mass is 286 g/mol. The zero-order valence-corrected chi connectivity index (χ0v) is 12.8. The molecule has 0 saturated carbocycles. The normalized spacial score (nSPS) is 10.6. The maximum Gasteiger partial charge on any atom is 0.140 e. The van der Waals surface area contributed by atoms with Crippen LogP contribution in [0.1, 0.15) is 41.6 Å². The highest BCUT2D eigenvalue weighted by atomic mass is 32.1. The number of benzene rings is 1. The molecule has 3 nitrogen and oxygen atoms in total. The largest absolute Gasteiger partial charge is 0.486 e. The molecule has 0 saturated heterocycles. The van der Waals surface area contributed by atoms with Crippen LogP contribution in [0.3, 0.4) is 0 Å². The predicted molar refractivity (Wildman–Crippen MR) is 81.0 cm³/mol. The van der Waals surface area contributed by atoms with Gasteiger partial charge in [0, 0.05) is 5.38 Å². The lowest BCUT2D eigenvalue weighted by molar-refractivity contribution is 0.301. The lowest BCUT2D eigenvalue weighted by Crippen LogP contribution is -2.00. The number of nitrogens with zero attached hydrogens (tertiary/aromatic N) is 2. The van der Waals surface area contributed by atoms with Crippen LogP contribution in [0.2, 0.25) is 0 Å². The van der Waals surface area contributed by atoms with Crippen molar-refractivity contribution in [1.29, 1.82) is 5.26 Å². The molecule has 0 bridgehead atoms. The molecule has 4 heteroatoms. The van der Waals surface area contributed by atoms with Gasteiger partial charge in [-0.15, -0.1) is 11.3 Å². The topological polar surface area (TPSA) is 45.9 Å². The molecule has 0 radical (unpaired) electrons. The average molecular weight is 286 g/mol. The summed E-state index contributed by atoms with van der Waals surface area (Å²) in [5.41, 5.74) is 3.22. The minimum absolute atomic E-state index is 0.359. The van der Waals surface area contributed by atoms with Crippen LogP contribution in [0.5, 0.6) is 5.75 Å². The fourth-order valence-electron chi connectivity index (χ4n) is 1.96. The minimum Gasteiger partial charge on any atom is -0.486 e. The summed E-state index contributed by atoms with van der Waals surface area (Å²) in [5, 5.41) is 11.5. The Morgan fingerprint density at radius 1 is 1.40 bits per heavy atom. The molecule has 1 heterocycles. The first kappa shape index (κ1) is 14.5. The van der Waals surface area contributed by atoms with E-state index in [1.54, 1.807) is 0 Å². The van der Waals surface area contributed by atoms with E-state index in [2.05, 4.69) is 50.0 Å². The molecule has 0 atom stereocenters. The van der Waals surface area contributed by atoms with E-state index in [9.17, 15) is 0 Å². The number of hydrogen-bond acceptors (Lipinski definition) is 4. The Kier molecular flexibility index (Phi) is 4.75. The van der Waals surface area contributed by atoms with Gasteiger partial charge in [-0.2, -0.15) is 5.26 Å². The molecule has 104 valence electrons. The van der Waals surface area contributed by atoms with Crippen LogP contribution in [0, 0.1) is 18.3 Å². The third-order valence-corrected chi connectivity index (χ3v) is 3.87. The Labute approximate surface area is 123 Å². The number of aromatic nitrogens is 1. The van der Waals surface area contributed by atoms with Crippen molar-refractivity contribution in [2.45, 2.75) is 39.7 Å². The van der Waals surface area contributed by atoms with Crippen LogP contribution in [0.25, 0.3) is 0 Å². The van der Waals surface area contributed by atoms with Gasteiger partial charge in [0.25, 0.3) is 0 Å². The fourth-order valence-corrected chi connectivity index (χ4v) is 2.67. The molecule has 0 unspecified atom stereocenters. The first-order chi connectivity index (χ1) is 9.60. The SMILES string of the molecule is Cc1ccc(C(C)C)c(OCc2nc(CC#N)cs2)c1. The average Bonchev–Trinajstić information content (AvgIpc) is 2.84. The van der Waals surface area contributed by atoms with Crippen molar-refractivity contribution in [1.82, 2.24) is 4.98 Å². The number of thiazole rings is 1. The van der Waals surface area contributed by atoms with Gasteiger partial charge in [0.05, 0.1) is 18.2 Å². The van der Waals surface area contributed by atoms with Gasteiger partial charge in [0.2, 0.25) is 0 Å². The summed E-state index contributed by atoms with van der Waals surface area (Å²) < 4.78 is 5.92. The van der Waals surface area contributed by atoms with Crippen molar-refractivity contribution in [3.05, 3.63) is 45.4 Å². The Morgan fingerprint density at radius 3 is 2.90 bits per heavy atom. The van der Waals surface area contributed by atoms with Gasteiger partial charge in [0.1, 0.15) is 17.4 Å². The Bertz CT molecular complexity index is 626. The molecular formula is C16H18N2OS. The van der Waals surface area contributed by atoms with Gasteiger partial charge < -0.3 is 4.74 Å². The van der Waals surface area contributed by atoms with Crippen LogP contribution < -0.4 is 4.74 Å². The summed E-state index contributed by atoms with van der Waals surface area (Å²) in [7, 11) is 0. The van der Waals surface area contributed by atoms with Crippen LogP contribution in [0.4, 0.5) is 0 Å². The van der Waals surface area contributed by atoms with Crippen molar-refractivity contribution >= 4 is 11.3 Å². The quantitative estimate of drug-likeness (QED) is 0.826. The molecule has 0 spiro atoms. The van der Waals surface area contributed by atoms with E-state index in [1.807, 2.05) is 5.38 Å². The molecule has 0 fully saturated rings. The Morgan fingerprint density at radius 2 is 2.20 bits per heavy atom. The highest BCUT2D eigenvalue weighted by molar-refractivity contribution is 7.09. The maximum absolute atomic E-state index is 8.65. The van der Waals surface area contributed by atoms with Gasteiger partial charge in [-0.05, 0) is 30.0 Å². The maximum atomic E-state index is 8.65. The van der Waals surface area contributed by atoms with Gasteiger partial charge >= 0.3 is 0 Å². The van der Waals surface area contributed by atoms with Crippen molar-refractivity contribution in [2.75, 3.05) is 0 Å². The molecule has 0 aliphatic heterocycles. The van der Waals surface area contributed by atoms with Crippen LogP contribution in [-0.2, 0) is 13.0 Å². The van der Waals surface area contributed by atoms with Gasteiger partial charge in [-0.3, -0.25) is 0 Å². The highest BCUT2D eigenvalue weighted by Gasteiger charge is 2.09. The molecule has 0 aliphatic carbocycles. The second-order valence-corrected chi connectivity index (χ2v) is 5.99. The third kappa shape index (κ3) is 3.58. The summed E-state index contributed by atoms with van der Waals surface area (Å²) in [6, 6.07) is 8.41. The summed E-state index contributed by atoms with van der Waals surface area (Å²) in [6.45, 7) is 6.84. The number of hydrogen-bond donors (Lipinski definition) is 0. The second-order valence-electron chi connectivity index (χ2n) is 5.05. The summed E-state index contributed by atoms with van der Waals surface area (Å²) in [5.74, 6) is 1.35. The predicted octanol–water partition coefficient (Wildman–Crippen LogP) is 4.22. The van der Waals surface area contributed by atoms with Crippen LogP contribution in [-0.4, -0.2) is 4.98 Å². The van der Waals surface area contributed by atoms with E-state index >= 15 is 0 Å². The second kappa shape index (κ2) is 6.53. The van der Waals surface area contributed by atoms with Crippen LogP contribution >= 0.6 is 11.3 Å². The molecule has 0 aliphatic rings. The first-order valence-corrected chi connectivity index (χ1v) is 7.51. The molecular weight excluding hydrogens is 268 g/mol. The van der Waals surface area contributed by atoms with Crippen LogP contribution in [0.15, 0.2) is 23.6 Å². The number of ether oxygens (including phenoxy) is 1. The van der Waals surface area contributed by atoms with Crippen molar-refractivity contribution in [3.8, 4) is 11.8 Å². The van der Waals surface area contributed by atoms with Gasteiger partial charge in [-0.1, -0.05) is 26.0 Å². The zero-order chi connectivity index (χ0) is 14.5. The van der Waals surface area contributed by atoms with E-state index in [4.69, 9.17) is 10.00 Å². The summed E-state index contributed by atoms with van der Waals surface area (Å²) in [6.07, 6.45) is 0.359. The van der Waals surface area contributed by atoms with E-state index in [0.717, 1.165) is 16.5 Å². The zero-order valence-electron chi connectivity index (χ0n) is 12.0. The number of rotatable bonds is 5. The fraction of sp³-hybridized carbons (Fsp3) is 0.375. The smallest absolute Gasteiger partial charge is 0.140 e. The lowest BCUT2D eigenvalue weighted by Gasteiger charge is -2.14. The molecule has 2 aromatic rings. The van der Waals surface area contributed by atoms with Crippen molar-refractivity contribution in [3.63, 3.8) is 0 Å². The molecule has 2 rings (SSSR count). The first-order valence-electron chi connectivity index (χ1n) is 6.63. The highest BCUT2D eigenvalue weighted by Crippen LogP contribution is 2.28. The molecule has 0 amide bonds. The number of aryl methyl sites for hydroxylation is 1. The number of nitriles is 1.